The van der Waals surface area contributed by atoms with Crippen molar-refractivity contribution in [1.82, 2.24) is 5.32 Å². The van der Waals surface area contributed by atoms with Crippen LogP contribution in [0.2, 0.25) is 5.02 Å². The minimum Gasteiger partial charge on any atom is -0.465 e. The molecule has 0 atom stereocenters. The Labute approximate surface area is 96.6 Å². The number of aliphatic imine (C=N–C) groups is 1. The maximum absolute atomic E-state index is 10.3. The molecule has 2 N–H and O–H groups in total. The topological polar surface area (TPSA) is 61.7 Å². The second kappa shape index (κ2) is 5.46. The number of isothiocyanates is 1. The standard InChI is InChI=1S/C9H7ClN2O2S/c10-7-2-1-6(4-11-9(13)14)3-8(7)12-5-15/h1-3,11H,4H2,(H,13,14). The van der Waals surface area contributed by atoms with Crippen molar-refractivity contribution in [3.05, 3.63) is 28.8 Å². The van der Waals surface area contributed by atoms with Gasteiger partial charge in [0.25, 0.3) is 0 Å². The normalized spacial score (nSPS) is 9.13. The van der Waals surface area contributed by atoms with Crippen molar-refractivity contribution in [2.24, 2.45) is 4.99 Å². The van der Waals surface area contributed by atoms with Gasteiger partial charge in [-0.25, -0.2) is 4.79 Å². The number of halogens is 1. The summed E-state index contributed by atoms with van der Waals surface area (Å²) in [7, 11) is 0. The lowest BCUT2D eigenvalue weighted by molar-refractivity contribution is 0.194. The van der Waals surface area contributed by atoms with E-state index in [2.05, 4.69) is 27.7 Å². The average molecular weight is 243 g/mol. The van der Waals surface area contributed by atoms with Crippen molar-refractivity contribution in [3.63, 3.8) is 0 Å². The first-order valence-electron chi connectivity index (χ1n) is 3.96. The van der Waals surface area contributed by atoms with Crippen molar-refractivity contribution in [1.29, 1.82) is 0 Å². The van der Waals surface area contributed by atoms with Gasteiger partial charge in [-0.15, -0.1) is 0 Å². The third-order valence-corrected chi connectivity index (χ3v) is 2.03. The molecular formula is C9H7ClN2O2S. The van der Waals surface area contributed by atoms with E-state index in [4.69, 9.17) is 16.7 Å². The average Bonchev–Trinajstić information content (AvgIpc) is 2.19. The zero-order valence-electron chi connectivity index (χ0n) is 7.53. The maximum atomic E-state index is 10.3. The Kier molecular flexibility index (Phi) is 4.24. The molecule has 0 aliphatic carbocycles. The SMILES string of the molecule is O=C(O)NCc1ccc(Cl)c(N=C=S)c1. The predicted octanol–water partition coefficient (Wildman–Crippen LogP) is 2.84. The number of carboxylic acid groups (broad SMARTS) is 1. The largest absolute Gasteiger partial charge is 0.465 e. The molecule has 0 radical (unpaired) electrons. The van der Waals surface area contributed by atoms with Crippen LogP contribution in [0.15, 0.2) is 23.2 Å². The van der Waals surface area contributed by atoms with E-state index in [9.17, 15) is 4.79 Å². The fourth-order valence-corrected chi connectivity index (χ4v) is 1.24. The molecule has 0 bridgehead atoms. The third-order valence-electron chi connectivity index (χ3n) is 1.62. The molecule has 6 heteroatoms. The molecule has 1 rings (SSSR count). The maximum Gasteiger partial charge on any atom is 0.404 e. The highest BCUT2D eigenvalue weighted by Crippen LogP contribution is 2.25. The van der Waals surface area contributed by atoms with Gasteiger partial charge in [0.2, 0.25) is 0 Å². The number of hydrogen-bond donors (Lipinski definition) is 2. The van der Waals surface area contributed by atoms with Crippen LogP contribution in [-0.2, 0) is 6.54 Å². The van der Waals surface area contributed by atoms with Crippen molar-refractivity contribution < 1.29 is 9.90 Å². The van der Waals surface area contributed by atoms with Gasteiger partial charge in [-0.1, -0.05) is 17.7 Å². The third kappa shape index (κ3) is 3.67. The molecule has 0 heterocycles. The van der Waals surface area contributed by atoms with Gasteiger partial charge in [0.05, 0.1) is 15.9 Å². The Morgan fingerprint density at radius 3 is 3.00 bits per heavy atom. The number of nitrogens with one attached hydrogen (secondary N) is 1. The number of hydrogen-bond acceptors (Lipinski definition) is 3. The summed E-state index contributed by atoms with van der Waals surface area (Å²) in [6.45, 7) is 0.201. The Balaban J connectivity index is 2.87. The van der Waals surface area contributed by atoms with Crippen LogP contribution in [0, 0.1) is 0 Å². The minimum atomic E-state index is -1.08. The Morgan fingerprint density at radius 2 is 2.40 bits per heavy atom. The molecule has 0 saturated carbocycles. The van der Waals surface area contributed by atoms with E-state index >= 15 is 0 Å². The summed E-state index contributed by atoms with van der Waals surface area (Å²) in [5, 5.41) is 13.3. The van der Waals surface area contributed by atoms with Gasteiger partial charge in [0, 0.05) is 6.54 Å². The molecule has 0 fully saturated rings. The van der Waals surface area contributed by atoms with Gasteiger partial charge < -0.3 is 10.4 Å². The summed E-state index contributed by atoms with van der Waals surface area (Å²) in [4.78, 5) is 14.0. The molecular weight excluding hydrogens is 236 g/mol. The molecule has 0 aliphatic rings. The van der Waals surface area contributed by atoms with Crippen molar-refractivity contribution in [2.75, 3.05) is 0 Å². The van der Waals surface area contributed by atoms with Gasteiger partial charge >= 0.3 is 6.09 Å². The lowest BCUT2D eigenvalue weighted by Crippen LogP contribution is -2.19. The highest BCUT2D eigenvalue weighted by molar-refractivity contribution is 7.78. The van der Waals surface area contributed by atoms with Gasteiger partial charge in [-0.05, 0) is 29.9 Å². The zero-order valence-corrected chi connectivity index (χ0v) is 9.10. The molecule has 4 nitrogen and oxygen atoms in total. The second-order valence-electron chi connectivity index (χ2n) is 2.65. The summed E-state index contributed by atoms with van der Waals surface area (Å²) < 4.78 is 0. The van der Waals surface area contributed by atoms with Crippen LogP contribution in [0.4, 0.5) is 10.5 Å². The molecule has 1 aromatic carbocycles. The lowest BCUT2D eigenvalue weighted by atomic mass is 10.2. The highest BCUT2D eigenvalue weighted by atomic mass is 35.5. The molecule has 0 saturated heterocycles. The van der Waals surface area contributed by atoms with Crippen molar-refractivity contribution >= 4 is 40.8 Å². The fraction of sp³-hybridized carbons (Fsp3) is 0.111. The first-order chi connectivity index (χ1) is 7.13. The molecule has 1 aromatic rings. The van der Waals surface area contributed by atoms with Gasteiger partial charge in [0.15, 0.2) is 0 Å². The number of amides is 1. The van der Waals surface area contributed by atoms with Crippen molar-refractivity contribution in [3.8, 4) is 0 Å². The quantitative estimate of drug-likeness (QED) is 0.633. The Hall–Kier alpha value is -1.42. The van der Waals surface area contributed by atoms with E-state index in [1.54, 1.807) is 18.2 Å². The second-order valence-corrected chi connectivity index (χ2v) is 3.24. The number of nitrogens with zero attached hydrogens (tertiary/aromatic N) is 1. The Morgan fingerprint density at radius 1 is 1.67 bits per heavy atom. The summed E-state index contributed by atoms with van der Waals surface area (Å²) in [6, 6.07) is 4.99. The van der Waals surface area contributed by atoms with E-state index in [-0.39, 0.29) is 6.54 Å². The summed E-state index contributed by atoms with van der Waals surface area (Å²) in [5.41, 5.74) is 1.24. The first kappa shape index (κ1) is 11.7. The first-order valence-corrected chi connectivity index (χ1v) is 4.75. The smallest absolute Gasteiger partial charge is 0.404 e. The van der Waals surface area contributed by atoms with E-state index in [1.807, 2.05) is 0 Å². The summed E-state index contributed by atoms with van der Waals surface area (Å²) >= 11 is 10.3. The van der Waals surface area contributed by atoms with E-state index < -0.39 is 6.09 Å². The zero-order chi connectivity index (χ0) is 11.3. The van der Waals surface area contributed by atoms with Crippen LogP contribution < -0.4 is 5.32 Å². The monoisotopic (exact) mass is 242 g/mol. The highest BCUT2D eigenvalue weighted by Gasteiger charge is 2.01. The van der Waals surface area contributed by atoms with Crippen LogP contribution >= 0.6 is 23.8 Å². The molecule has 0 spiro atoms. The summed E-state index contributed by atoms with van der Waals surface area (Å²) in [5.74, 6) is 0. The fourth-order valence-electron chi connectivity index (χ4n) is 0.981. The van der Waals surface area contributed by atoms with Crippen LogP contribution in [0.5, 0.6) is 0 Å². The Bertz CT molecular complexity index is 430. The minimum absolute atomic E-state index is 0.201. The molecule has 0 aliphatic heterocycles. The number of benzene rings is 1. The van der Waals surface area contributed by atoms with Crippen molar-refractivity contribution in [2.45, 2.75) is 6.54 Å². The van der Waals surface area contributed by atoms with E-state index in [0.717, 1.165) is 5.56 Å². The molecule has 1 amide bonds. The molecule has 0 unspecified atom stereocenters. The number of rotatable bonds is 3. The number of thiocarbonyl (C=S) groups is 1. The summed E-state index contributed by atoms with van der Waals surface area (Å²) in [6.07, 6.45) is -1.08. The van der Waals surface area contributed by atoms with E-state index in [0.29, 0.717) is 10.7 Å². The van der Waals surface area contributed by atoms with Crippen LogP contribution in [0.1, 0.15) is 5.56 Å². The van der Waals surface area contributed by atoms with E-state index in [1.165, 1.54) is 0 Å². The predicted molar refractivity (Wildman–Crippen MR) is 61.0 cm³/mol. The molecule has 78 valence electrons. The molecule has 15 heavy (non-hydrogen) atoms. The number of carbonyl (C=O) groups is 1. The van der Waals surface area contributed by atoms with Crippen LogP contribution in [-0.4, -0.2) is 16.4 Å². The van der Waals surface area contributed by atoms with Gasteiger partial charge in [-0.3, -0.25) is 0 Å². The lowest BCUT2D eigenvalue weighted by Gasteiger charge is -2.03. The van der Waals surface area contributed by atoms with Gasteiger partial charge in [0.1, 0.15) is 0 Å². The van der Waals surface area contributed by atoms with Gasteiger partial charge in [-0.2, -0.15) is 4.99 Å². The van der Waals surface area contributed by atoms with Crippen LogP contribution in [0.3, 0.4) is 0 Å². The molecule has 0 aromatic heterocycles. The van der Waals surface area contributed by atoms with Crippen LogP contribution in [0.25, 0.3) is 0 Å².